The fraction of sp³-hybridized carbons (Fsp3) is 1.00. The first-order valence-electron chi connectivity index (χ1n) is 3.60. The maximum absolute atomic E-state index is 5.36. The molecule has 0 saturated carbocycles. The van der Waals surface area contributed by atoms with E-state index in [-0.39, 0.29) is 34.0 Å². The summed E-state index contributed by atoms with van der Waals surface area (Å²) in [4.78, 5) is 0. The number of nitrogens with two attached hydrogens (primary N) is 1. The summed E-state index contributed by atoms with van der Waals surface area (Å²) in [6.07, 6.45) is 0.877. The van der Waals surface area contributed by atoms with Crippen molar-refractivity contribution in [3.8, 4) is 0 Å². The summed E-state index contributed by atoms with van der Waals surface area (Å²) in [5.74, 6) is 0. The summed E-state index contributed by atoms with van der Waals surface area (Å²) < 4.78 is 15.5. The van der Waals surface area contributed by atoms with Crippen molar-refractivity contribution in [2.24, 2.45) is 5.73 Å². The van der Waals surface area contributed by atoms with Crippen LogP contribution in [-0.2, 0) is 13.3 Å². The van der Waals surface area contributed by atoms with Crippen LogP contribution in [0, 0.1) is 0 Å². The molecule has 0 spiro atoms. The van der Waals surface area contributed by atoms with Crippen LogP contribution in [0.3, 0.4) is 0 Å². The number of hydrogen-bond acceptors (Lipinski definition) is 6. The predicted molar refractivity (Wildman–Crippen MR) is 54.9 cm³/mol. The van der Waals surface area contributed by atoms with Gasteiger partial charge in [0.05, 0.1) is 0 Å². The molecule has 8 heteroatoms. The molecule has 0 saturated heterocycles. The van der Waals surface area contributed by atoms with E-state index in [2.05, 4.69) is 0 Å². The van der Waals surface area contributed by atoms with Gasteiger partial charge in [0, 0.05) is 27.4 Å². The van der Waals surface area contributed by atoms with Gasteiger partial charge in [-0.05, 0) is 13.0 Å². The monoisotopic (exact) mass is 237 g/mol. The average Bonchev–Trinajstić information content (AvgIpc) is 2.08. The maximum atomic E-state index is 5.36. The summed E-state index contributed by atoms with van der Waals surface area (Å²) in [5, 5.41) is 0. The Balaban J connectivity index is -0.000000167. The van der Waals surface area contributed by atoms with Crippen molar-refractivity contribution >= 4 is 31.9 Å². The van der Waals surface area contributed by atoms with Crippen molar-refractivity contribution in [1.29, 1.82) is 0 Å². The van der Waals surface area contributed by atoms with Gasteiger partial charge in [0.2, 0.25) is 0 Å². The Morgan fingerprint density at radius 2 is 1.36 bits per heavy atom. The topological polar surface area (TPSA) is 114 Å². The van der Waals surface area contributed by atoms with Crippen LogP contribution in [0.15, 0.2) is 0 Å². The number of rotatable bonds is 6. The van der Waals surface area contributed by atoms with E-state index < -0.39 is 8.80 Å². The maximum Gasteiger partial charge on any atom is 2.00 e. The van der Waals surface area contributed by atoms with E-state index in [0.717, 1.165) is 12.5 Å². The van der Waals surface area contributed by atoms with Gasteiger partial charge in [-0.25, -0.2) is 0 Å². The third-order valence-electron chi connectivity index (χ3n) is 1.62. The molecule has 0 atom stereocenters. The normalized spacial score (nSPS) is 9.43. The molecule has 14 heavy (non-hydrogen) atoms. The summed E-state index contributed by atoms with van der Waals surface area (Å²) in [6.45, 7) is 0.644. The van der Waals surface area contributed by atoms with Gasteiger partial charge >= 0.3 is 31.9 Å². The smallest absolute Gasteiger partial charge is 0.870 e. The third kappa shape index (κ3) is 8.08. The molecule has 0 aromatic rings. The fourth-order valence-corrected chi connectivity index (χ4v) is 2.62. The molecule has 4 N–H and O–H groups in total. The first kappa shape index (κ1) is 24.1. The summed E-state index contributed by atoms with van der Waals surface area (Å²) in [5.41, 5.74) is 5.36. The Kier molecular flexibility index (Phi) is 23.7. The van der Waals surface area contributed by atoms with Gasteiger partial charge in [-0.3, -0.25) is 0 Å². The fourth-order valence-electron chi connectivity index (χ4n) is 0.875. The van der Waals surface area contributed by atoms with Crippen LogP contribution in [0.4, 0.5) is 0 Å². The zero-order valence-corrected chi connectivity index (χ0v) is 11.4. The summed E-state index contributed by atoms with van der Waals surface area (Å²) >= 11 is 0. The minimum atomic E-state index is -2.32. The minimum absolute atomic E-state index is 0. The molecule has 0 radical (unpaired) electrons. The first-order valence-corrected chi connectivity index (χ1v) is 5.53. The van der Waals surface area contributed by atoms with E-state index in [1.165, 1.54) is 0 Å². The molecule has 0 fully saturated rings. The molecule has 0 aliphatic rings. The van der Waals surface area contributed by atoms with Gasteiger partial charge in [0.25, 0.3) is 0 Å². The second-order valence-corrected chi connectivity index (χ2v) is 5.28. The molecule has 0 amide bonds. The van der Waals surface area contributed by atoms with Crippen LogP contribution < -0.4 is 5.73 Å². The summed E-state index contributed by atoms with van der Waals surface area (Å²) in [7, 11) is 2.50. The van der Waals surface area contributed by atoms with Crippen LogP contribution in [0.2, 0.25) is 6.04 Å². The average molecular weight is 238 g/mol. The Morgan fingerprint density at radius 1 is 1.00 bits per heavy atom. The molecule has 0 bridgehead atoms. The molecule has 0 aliphatic carbocycles. The van der Waals surface area contributed by atoms with Crippen LogP contribution in [0.5, 0.6) is 0 Å². The van der Waals surface area contributed by atoms with Crippen LogP contribution in [0.25, 0.3) is 0 Å². The van der Waals surface area contributed by atoms with Crippen LogP contribution in [-0.4, -0.2) is 70.7 Å². The molecule has 0 aromatic heterocycles. The van der Waals surface area contributed by atoms with E-state index in [4.69, 9.17) is 19.0 Å². The second-order valence-electron chi connectivity index (χ2n) is 2.19. The molecule has 0 heterocycles. The summed E-state index contributed by atoms with van der Waals surface area (Å²) in [6, 6.07) is 0.785. The minimum Gasteiger partial charge on any atom is -0.870 e. The standard InChI is InChI=1S/C6H17NO3Si.Mg.2H2O/c1-8-11(9-2,10-3)6-4-5-7;;;/h4-7H2,1-3H3;;2*1H2/q;+2;;/p-2. The zero-order chi connectivity index (χ0) is 8.74. The van der Waals surface area contributed by atoms with Crippen molar-refractivity contribution in [2.45, 2.75) is 12.5 Å². The van der Waals surface area contributed by atoms with Crippen molar-refractivity contribution in [1.82, 2.24) is 0 Å². The van der Waals surface area contributed by atoms with Gasteiger partial charge < -0.3 is 30.0 Å². The first-order chi connectivity index (χ1) is 5.24. The van der Waals surface area contributed by atoms with Gasteiger partial charge in [0.15, 0.2) is 0 Å². The molecule has 0 aromatic carbocycles. The Morgan fingerprint density at radius 3 is 1.57 bits per heavy atom. The molecule has 84 valence electrons. The molecular formula is C6H19MgNO5Si. The van der Waals surface area contributed by atoms with Gasteiger partial charge in [0.1, 0.15) is 0 Å². The van der Waals surface area contributed by atoms with E-state index in [0.29, 0.717) is 6.54 Å². The van der Waals surface area contributed by atoms with Crippen molar-refractivity contribution < 1.29 is 24.2 Å². The van der Waals surface area contributed by atoms with Gasteiger partial charge in [-0.15, -0.1) is 0 Å². The van der Waals surface area contributed by atoms with Gasteiger partial charge in [-0.2, -0.15) is 0 Å². The molecule has 0 unspecified atom stereocenters. The third-order valence-corrected chi connectivity index (χ3v) is 4.45. The van der Waals surface area contributed by atoms with E-state index in [1.807, 2.05) is 0 Å². The zero-order valence-electron chi connectivity index (χ0n) is 9.02. The molecule has 6 nitrogen and oxygen atoms in total. The predicted octanol–water partition coefficient (Wildman–Crippen LogP) is -0.521. The molecule has 0 aliphatic heterocycles. The van der Waals surface area contributed by atoms with Gasteiger partial charge in [-0.1, -0.05) is 0 Å². The van der Waals surface area contributed by atoms with Crippen molar-refractivity contribution in [2.75, 3.05) is 27.9 Å². The van der Waals surface area contributed by atoms with Crippen LogP contribution >= 0.6 is 0 Å². The van der Waals surface area contributed by atoms with Crippen molar-refractivity contribution in [3.63, 3.8) is 0 Å². The SMILES string of the molecule is CO[Si](CCCN)(OC)OC.[Mg+2].[OH-].[OH-]. The Bertz CT molecular complexity index is 98.0. The largest absolute Gasteiger partial charge is 2.00 e. The second kappa shape index (κ2) is 13.7. The Hall–Kier alpha value is 0.743. The Labute approximate surface area is 102 Å². The van der Waals surface area contributed by atoms with E-state index >= 15 is 0 Å². The van der Waals surface area contributed by atoms with E-state index in [1.54, 1.807) is 21.3 Å². The number of hydrogen-bond donors (Lipinski definition) is 1. The van der Waals surface area contributed by atoms with E-state index in [9.17, 15) is 0 Å². The quantitative estimate of drug-likeness (QED) is 0.622. The molecular weight excluding hydrogens is 218 g/mol. The van der Waals surface area contributed by atoms with Crippen molar-refractivity contribution in [3.05, 3.63) is 0 Å². The molecule has 0 rings (SSSR count). The van der Waals surface area contributed by atoms with Crippen LogP contribution in [0.1, 0.15) is 6.42 Å².